The van der Waals surface area contributed by atoms with E-state index in [9.17, 15) is 4.79 Å². The molecule has 28 heavy (non-hydrogen) atoms. The van der Waals surface area contributed by atoms with Gasteiger partial charge in [0.2, 0.25) is 5.91 Å². The number of amides is 1. The largest absolute Gasteiger partial charge is 0.492 e. The zero-order valence-corrected chi connectivity index (χ0v) is 16.6. The van der Waals surface area contributed by atoms with Crippen LogP contribution in [-0.2, 0) is 4.79 Å². The van der Waals surface area contributed by atoms with E-state index in [1.165, 1.54) is 12.7 Å². The molecule has 0 spiro atoms. The highest BCUT2D eigenvalue weighted by Crippen LogP contribution is 2.41. The number of carbonyl (C=O) groups excluding carboxylic acids is 1. The van der Waals surface area contributed by atoms with Crippen molar-refractivity contribution < 1.29 is 9.53 Å². The minimum atomic E-state index is 0.0767. The maximum absolute atomic E-state index is 12.5. The van der Waals surface area contributed by atoms with Crippen LogP contribution in [0, 0.1) is 5.92 Å². The van der Waals surface area contributed by atoms with Crippen molar-refractivity contribution in [3.8, 4) is 26.9 Å². The predicted molar refractivity (Wildman–Crippen MR) is 109 cm³/mol. The van der Waals surface area contributed by atoms with Gasteiger partial charge >= 0.3 is 0 Å². The number of rotatable bonds is 6. The molecule has 1 fully saturated rings. The number of H-pyrrole nitrogens is 1. The van der Waals surface area contributed by atoms with Gasteiger partial charge in [-0.25, -0.2) is 9.97 Å². The lowest BCUT2D eigenvalue weighted by Crippen LogP contribution is -2.25. The highest BCUT2D eigenvalue weighted by molar-refractivity contribution is 7.19. The summed E-state index contributed by atoms with van der Waals surface area (Å²) in [6.45, 7) is 2.52. The Bertz CT molecular complexity index is 932. The number of hydrogen-bond donors (Lipinski definition) is 2. The number of thiophene rings is 1. The fourth-order valence-corrected chi connectivity index (χ4v) is 4.55. The molecule has 146 valence electrons. The standard InChI is InChI=1S/C20H23N5O2S/c1-2-27-15-11-16(28-18(15)19-22-12-23-25-19)14-8-9-21-17(10-14)24-20(26)13-6-4-3-5-7-13/h8-13H,2-7H2,1H3,(H,21,24,26)(H,22,23,25). The summed E-state index contributed by atoms with van der Waals surface area (Å²) >= 11 is 1.57. The van der Waals surface area contributed by atoms with Crippen molar-refractivity contribution in [3.05, 3.63) is 30.7 Å². The van der Waals surface area contributed by atoms with Gasteiger partial charge in [0.05, 0.1) is 6.61 Å². The summed E-state index contributed by atoms with van der Waals surface area (Å²) in [5, 5.41) is 9.81. The lowest BCUT2D eigenvalue weighted by Gasteiger charge is -2.20. The van der Waals surface area contributed by atoms with Crippen molar-refractivity contribution in [2.24, 2.45) is 5.92 Å². The zero-order valence-electron chi connectivity index (χ0n) is 15.8. The van der Waals surface area contributed by atoms with Gasteiger partial charge in [-0.05, 0) is 43.5 Å². The average molecular weight is 398 g/mol. The molecule has 0 aromatic carbocycles. The Morgan fingerprint density at radius 3 is 2.89 bits per heavy atom. The molecule has 0 saturated heterocycles. The van der Waals surface area contributed by atoms with Crippen LogP contribution in [0.15, 0.2) is 30.7 Å². The van der Waals surface area contributed by atoms with Crippen LogP contribution in [0.3, 0.4) is 0 Å². The number of aromatic nitrogens is 4. The van der Waals surface area contributed by atoms with Crippen molar-refractivity contribution in [3.63, 3.8) is 0 Å². The number of nitrogens with one attached hydrogen (secondary N) is 2. The van der Waals surface area contributed by atoms with E-state index in [1.807, 2.05) is 25.1 Å². The second kappa shape index (κ2) is 8.52. The first-order valence-corrected chi connectivity index (χ1v) is 10.5. The molecule has 0 bridgehead atoms. The molecular formula is C20H23N5O2S. The van der Waals surface area contributed by atoms with Gasteiger partial charge in [0.25, 0.3) is 0 Å². The molecular weight excluding hydrogens is 374 g/mol. The highest BCUT2D eigenvalue weighted by atomic mass is 32.1. The van der Waals surface area contributed by atoms with E-state index in [0.29, 0.717) is 18.2 Å². The number of ether oxygens (including phenoxy) is 1. The van der Waals surface area contributed by atoms with Gasteiger partial charge < -0.3 is 10.1 Å². The van der Waals surface area contributed by atoms with Gasteiger partial charge in [0, 0.05) is 17.0 Å². The first kappa shape index (κ1) is 18.6. The van der Waals surface area contributed by atoms with Crippen LogP contribution < -0.4 is 10.1 Å². The molecule has 2 N–H and O–H groups in total. The van der Waals surface area contributed by atoms with Crippen molar-refractivity contribution in [1.82, 2.24) is 20.2 Å². The van der Waals surface area contributed by atoms with E-state index in [-0.39, 0.29) is 11.8 Å². The maximum Gasteiger partial charge on any atom is 0.228 e. The Morgan fingerprint density at radius 2 is 2.14 bits per heavy atom. The number of nitrogens with zero attached hydrogens (tertiary/aromatic N) is 3. The van der Waals surface area contributed by atoms with E-state index in [1.54, 1.807) is 17.5 Å². The van der Waals surface area contributed by atoms with Crippen LogP contribution in [0.4, 0.5) is 5.82 Å². The lowest BCUT2D eigenvalue weighted by molar-refractivity contribution is -0.120. The smallest absolute Gasteiger partial charge is 0.228 e. The Kier molecular flexibility index (Phi) is 5.66. The van der Waals surface area contributed by atoms with Crippen molar-refractivity contribution in [2.75, 3.05) is 11.9 Å². The molecule has 4 rings (SSSR count). The van der Waals surface area contributed by atoms with E-state index in [4.69, 9.17) is 4.74 Å². The third kappa shape index (κ3) is 4.06. The number of aromatic amines is 1. The molecule has 3 heterocycles. The summed E-state index contributed by atoms with van der Waals surface area (Å²) in [7, 11) is 0. The Morgan fingerprint density at radius 1 is 1.29 bits per heavy atom. The van der Waals surface area contributed by atoms with E-state index >= 15 is 0 Å². The minimum absolute atomic E-state index is 0.0767. The van der Waals surface area contributed by atoms with Crippen LogP contribution in [0.1, 0.15) is 39.0 Å². The normalized spacial score (nSPS) is 14.8. The second-order valence-electron chi connectivity index (χ2n) is 6.83. The van der Waals surface area contributed by atoms with Crippen molar-refractivity contribution in [2.45, 2.75) is 39.0 Å². The maximum atomic E-state index is 12.5. The fourth-order valence-electron chi connectivity index (χ4n) is 3.50. The van der Waals surface area contributed by atoms with Crippen LogP contribution in [-0.4, -0.2) is 32.7 Å². The first-order valence-electron chi connectivity index (χ1n) is 9.64. The lowest BCUT2D eigenvalue weighted by atomic mass is 9.89. The molecule has 1 amide bonds. The molecule has 3 aromatic rings. The zero-order chi connectivity index (χ0) is 19.3. The first-order chi connectivity index (χ1) is 13.7. The second-order valence-corrected chi connectivity index (χ2v) is 7.88. The van der Waals surface area contributed by atoms with E-state index < -0.39 is 0 Å². The third-order valence-electron chi connectivity index (χ3n) is 4.90. The van der Waals surface area contributed by atoms with Crippen LogP contribution in [0.2, 0.25) is 0 Å². The van der Waals surface area contributed by atoms with Gasteiger partial charge in [-0.15, -0.1) is 11.3 Å². The predicted octanol–water partition coefficient (Wildman–Crippen LogP) is 4.51. The summed E-state index contributed by atoms with van der Waals surface area (Å²) < 4.78 is 5.77. The SMILES string of the molecule is CCOc1cc(-c2ccnc(NC(=O)C3CCCCC3)c2)sc1-c1ncn[nH]1. The van der Waals surface area contributed by atoms with Crippen LogP contribution in [0.25, 0.3) is 21.1 Å². The summed E-state index contributed by atoms with van der Waals surface area (Å²) in [4.78, 5) is 23.0. The molecule has 3 aromatic heterocycles. The molecule has 1 aliphatic rings. The molecule has 1 aliphatic carbocycles. The average Bonchev–Trinajstić information content (AvgIpc) is 3.39. The Labute approximate surface area is 167 Å². The number of anilines is 1. The summed E-state index contributed by atoms with van der Waals surface area (Å²) in [5.74, 6) is 2.21. The molecule has 0 atom stereocenters. The highest BCUT2D eigenvalue weighted by Gasteiger charge is 2.22. The molecule has 0 radical (unpaired) electrons. The number of hydrogen-bond acceptors (Lipinski definition) is 6. The third-order valence-corrected chi connectivity index (χ3v) is 6.07. The van der Waals surface area contributed by atoms with Gasteiger partial charge in [0.1, 0.15) is 22.8 Å². The molecule has 0 aliphatic heterocycles. The molecule has 0 unspecified atom stereocenters. The van der Waals surface area contributed by atoms with Crippen LogP contribution in [0.5, 0.6) is 5.75 Å². The van der Waals surface area contributed by atoms with Crippen LogP contribution >= 0.6 is 11.3 Å². The topological polar surface area (TPSA) is 92.8 Å². The molecule has 1 saturated carbocycles. The Balaban J connectivity index is 1.57. The van der Waals surface area contributed by atoms with Gasteiger partial charge in [0.15, 0.2) is 5.82 Å². The number of carbonyl (C=O) groups is 1. The summed E-state index contributed by atoms with van der Waals surface area (Å²) in [5.41, 5.74) is 0.977. The van der Waals surface area contributed by atoms with E-state index in [0.717, 1.165) is 46.8 Å². The monoisotopic (exact) mass is 397 g/mol. The number of pyridine rings is 1. The van der Waals surface area contributed by atoms with Crippen molar-refractivity contribution >= 4 is 23.1 Å². The fraction of sp³-hybridized carbons (Fsp3) is 0.400. The Hall–Kier alpha value is -2.74. The van der Waals surface area contributed by atoms with Gasteiger partial charge in [-0.1, -0.05) is 19.3 Å². The quantitative estimate of drug-likeness (QED) is 0.638. The van der Waals surface area contributed by atoms with E-state index in [2.05, 4.69) is 25.5 Å². The van der Waals surface area contributed by atoms with Crippen molar-refractivity contribution in [1.29, 1.82) is 0 Å². The molecule has 8 heteroatoms. The molecule has 7 nitrogen and oxygen atoms in total. The summed E-state index contributed by atoms with van der Waals surface area (Å²) in [6.07, 6.45) is 8.63. The van der Waals surface area contributed by atoms with Gasteiger partial charge in [-0.3, -0.25) is 9.89 Å². The minimum Gasteiger partial charge on any atom is -0.492 e. The summed E-state index contributed by atoms with van der Waals surface area (Å²) in [6, 6.07) is 5.84. The van der Waals surface area contributed by atoms with Gasteiger partial charge in [-0.2, -0.15) is 5.10 Å².